The van der Waals surface area contributed by atoms with Gasteiger partial charge in [0, 0.05) is 6.20 Å². The van der Waals surface area contributed by atoms with E-state index in [9.17, 15) is 0 Å². The highest BCUT2D eigenvalue weighted by molar-refractivity contribution is 5.98. The van der Waals surface area contributed by atoms with E-state index in [0.717, 1.165) is 12.8 Å². The van der Waals surface area contributed by atoms with Crippen molar-refractivity contribution in [3.8, 4) is 5.88 Å². The van der Waals surface area contributed by atoms with Gasteiger partial charge < -0.3 is 15.7 Å². The summed E-state index contributed by atoms with van der Waals surface area (Å²) in [5.41, 5.74) is 6.03. The van der Waals surface area contributed by atoms with E-state index in [1.165, 1.54) is 0 Å². The fourth-order valence-electron chi connectivity index (χ4n) is 1.39. The molecule has 1 atom stereocenters. The van der Waals surface area contributed by atoms with Crippen LogP contribution in [0.2, 0.25) is 0 Å². The lowest BCUT2D eigenvalue weighted by molar-refractivity contribution is 0.201. The first-order chi connectivity index (χ1) is 7.69. The molecule has 0 saturated heterocycles. The van der Waals surface area contributed by atoms with Gasteiger partial charge in [0.1, 0.15) is 0 Å². The minimum Gasteiger partial charge on any atom is -0.474 e. The molecule has 1 heterocycles. The highest BCUT2D eigenvalue weighted by atomic mass is 16.5. The van der Waals surface area contributed by atoms with E-state index in [4.69, 9.17) is 15.7 Å². The summed E-state index contributed by atoms with van der Waals surface area (Å²) < 4.78 is 5.63. The normalized spacial score (nSPS) is 13.5. The van der Waals surface area contributed by atoms with Crippen LogP contribution >= 0.6 is 0 Å². The van der Waals surface area contributed by atoms with E-state index in [-0.39, 0.29) is 11.9 Å². The van der Waals surface area contributed by atoms with E-state index in [1.807, 2.05) is 6.92 Å². The van der Waals surface area contributed by atoms with Crippen LogP contribution in [-0.2, 0) is 0 Å². The van der Waals surface area contributed by atoms with Gasteiger partial charge in [0.05, 0.1) is 11.7 Å². The summed E-state index contributed by atoms with van der Waals surface area (Å²) in [6.07, 6.45) is 3.64. The molecular weight excluding hydrogens is 206 g/mol. The van der Waals surface area contributed by atoms with Crippen LogP contribution in [0.3, 0.4) is 0 Å². The summed E-state index contributed by atoms with van der Waals surface area (Å²) >= 11 is 0. The topological polar surface area (TPSA) is 80.7 Å². The van der Waals surface area contributed by atoms with Gasteiger partial charge in [-0.15, -0.1) is 0 Å². The van der Waals surface area contributed by atoms with Gasteiger partial charge in [-0.1, -0.05) is 18.5 Å². The second-order valence-electron chi connectivity index (χ2n) is 3.56. The van der Waals surface area contributed by atoms with Gasteiger partial charge in [-0.05, 0) is 25.5 Å². The minimum atomic E-state index is 0.00629. The Hall–Kier alpha value is -1.78. The zero-order valence-corrected chi connectivity index (χ0v) is 9.55. The number of nitrogens with zero attached hydrogens (tertiary/aromatic N) is 2. The van der Waals surface area contributed by atoms with Crippen LogP contribution in [0.25, 0.3) is 0 Å². The third-order valence-corrected chi connectivity index (χ3v) is 2.16. The number of pyridine rings is 1. The van der Waals surface area contributed by atoms with Crippen molar-refractivity contribution in [2.45, 2.75) is 32.8 Å². The van der Waals surface area contributed by atoms with Crippen molar-refractivity contribution in [1.29, 1.82) is 0 Å². The zero-order valence-electron chi connectivity index (χ0n) is 9.55. The molecule has 0 spiro atoms. The highest BCUT2D eigenvalue weighted by Crippen LogP contribution is 2.16. The average molecular weight is 223 g/mol. The van der Waals surface area contributed by atoms with Gasteiger partial charge in [-0.25, -0.2) is 4.98 Å². The molecule has 5 heteroatoms. The lowest BCUT2D eigenvalue weighted by Crippen LogP contribution is -2.19. The Morgan fingerprint density at radius 1 is 1.69 bits per heavy atom. The largest absolute Gasteiger partial charge is 0.474 e. The smallest absolute Gasteiger partial charge is 0.224 e. The van der Waals surface area contributed by atoms with Gasteiger partial charge in [-0.3, -0.25) is 0 Å². The van der Waals surface area contributed by atoms with Gasteiger partial charge in [-0.2, -0.15) is 0 Å². The molecule has 3 N–H and O–H groups in total. The SMILES string of the molecule is CCCC(C)Oc1ncccc1/C(N)=N/O. The molecule has 0 bridgehead atoms. The van der Waals surface area contributed by atoms with Crippen LogP contribution in [-0.4, -0.2) is 22.1 Å². The lowest BCUT2D eigenvalue weighted by atomic mass is 10.2. The number of oxime groups is 1. The number of rotatable bonds is 5. The third-order valence-electron chi connectivity index (χ3n) is 2.16. The van der Waals surface area contributed by atoms with Crippen LogP contribution in [0.4, 0.5) is 0 Å². The van der Waals surface area contributed by atoms with E-state index < -0.39 is 0 Å². The predicted molar refractivity (Wildman–Crippen MR) is 61.7 cm³/mol. The second kappa shape index (κ2) is 5.95. The molecule has 0 aliphatic carbocycles. The predicted octanol–water partition coefficient (Wildman–Crippen LogP) is 1.74. The molecule has 0 radical (unpaired) electrons. The third kappa shape index (κ3) is 3.12. The maximum atomic E-state index is 8.63. The molecule has 0 aliphatic rings. The Kier molecular flexibility index (Phi) is 4.57. The van der Waals surface area contributed by atoms with Crippen molar-refractivity contribution in [1.82, 2.24) is 4.98 Å². The Labute approximate surface area is 94.9 Å². The van der Waals surface area contributed by atoms with Crippen molar-refractivity contribution < 1.29 is 9.94 Å². The molecule has 1 aromatic heterocycles. The molecule has 88 valence electrons. The molecule has 5 nitrogen and oxygen atoms in total. The molecule has 1 rings (SSSR count). The monoisotopic (exact) mass is 223 g/mol. The van der Waals surface area contributed by atoms with Gasteiger partial charge in [0.2, 0.25) is 5.88 Å². The molecule has 0 amide bonds. The van der Waals surface area contributed by atoms with E-state index in [2.05, 4.69) is 17.1 Å². The fourth-order valence-corrected chi connectivity index (χ4v) is 1.39. The minimum absolute atomic E-state index is 0.00629. The van der Waals surface area contributed by atoms with Gasteiger partial charge in [0.25, 0.3) is 0 Å². The molecule has 1 unspecified atom stereocenters. The van der Waals surface area contributed by atoms with Crippen molar-refractivity contribution in [3.63, 3.8) is 0 Å². The summed E-state index contributed by atoms with van der Waals surface area (Å²) in [4.78, 5) is 4.08. The first kappa shape index (κ1) is 12.3. The standard InChI is InChI=1S/C11H17N3O2/c1-3-5-8(2)16-11-9(10(12)14-15)6-4-7-13-11/h4,6-8,15H,3,5H2,1-2H3,(H2,12,14). The number of ether oxygens (including phenoxy) is 1. The lowest BCUT2D eigenvalue weighted by Gasteiger charge is -2.14. The first-order valence-electron chi connectivity index (χ1n) is 5.28. The fraction of sp³-hybridized carbons (Fsp3) is 0.455. The van der Waals surface area contributed by atoms with Crippen LogP contribution in [0.1, 0.15) is 32.3 Å². The summed E-state index contributed by atoms with van der Waals surface area (Å²) in [5, 5.41) is 11.6. The van der Waals surface area contributed by atoms with Crippen LogP contribution < -0.4 is 10.5 Å². The van der Waals surface area contributed by atoms with Gasteiger partial charge in [0.15, 0.2) is 5.84 Å². The Balaban J connectivity index is 2.87. The Morgan fingerprint density at radius 3 is 3.06 bits per heavy atom. The summed E-state index contributed by atoms with van der Waals surface area (Å²) in [7, 11) is 0. The second-order valence-corrected chi connectivity index (χ2v) is 3.56. The van der Waals surface area contributed by atoms with Crippen LogP contribution in [0.15, 0.2) is 23.5 Å². The van der Waals surface area contributed by atoms with E-state index in [1.54, 1.807) is 18.3 Å². The summed E-state index contributed by atoms with van der Waals surface area (Å²) in [6.45, 7) is 4.05. The molecule has 0 aliphatic heterocycles. The van der Waals surface area contributed by atoms with Crippen LogP contribution in [0.5, 0.6) is 5.88 Å². The Bertz CT molecular complexity index is 366. The Morgan fingerprint density at radius 2 is 2.44 bits per heavy atom. The van der Waals surface area contributed by atoms with Crippen molar-refractivity contribution >= 4 is 5.84 Å². The highest BCUT2D eigenvalue weighted by Gasteiger charge is 2.11. The molecule has 16 heavy (non-hydrogen) atoms. The van der Waals surface area contributed by atoms with Crippen LogP contribution in [0, 0.1) is 0 Å². The number of aromatic nitrogens is 1. The van der Waals surface area contributed by atoms with Crippen molar-refractivity contribution in [2.75, 3.05) is 0 Å². The van der Waals surface area contributed by atoms with Crippen molar-refractivity contribution in [3.05, 3.63) is 23.9 Å². The molecule has 1 aromatic rings. The quantitative estimate of drug-likeness (QED) is 0.345. The number of hydrogen-bond acceptors (Lipinski definition) is 4. The first-order valence-corrected chi connectivity index (χ1v) is 5.28. The summed E-state index contributed by atoms with van der Waals surface area (Å²) in [6, 6.07) is 3.42. The molecular formula is C11H17N3O2. The molecule has 0 saturated carbocycles. The zero-order chi connectivity index (χ0) is 12.0. The molecule has 0 aromatic carbocycles. The van der Waals surface area contributed by atoms with E-state index >= 15 is 0 Å². The van der Waals surface area contributed by atoms with Gasteiger partial charge >= 0.3 is 0 Å². The number of nitrogens with two attached hydrogens (primary N) is 1. The average Bonchev–Trinajstić information content (AvgIpc) is 2.29. The number of hydrogen-bond donors (Lipinski definition) is 2. The maximum Gasteiger partial charge on any atom is 0.224 e. The summed E-state index contributed by atoms with van der Waals surface area (Å²) in [5.74, 6) is 0.408. The number of amidine groups is 1. The van der Waals surface area contributed by atoms with Crippen molar-refractivity contribution in [2.24, 2.45) is 10.9 Å². The maximum absolute atomic E-state index is 8.63. The molecule has 0 fully saturated rings. The van der Waals surface area contributed by atoms with E-state index in [0.29, 0.717) is 11.4 Å².